The van der Waals surface area contributed by atoms with Crippen LogP contribution in [0, 0.1) is 17.8 Å². The first-order chi connectivity index (χ1) is 20.9. The Labute approximate surface area is 250 Å². The molecule has 1 aliphatic rings. The van der Waals surface area contributed by atoms with Gasteiger partial charge >= 0.3 is 23.9 Å². The third-order valence-corrected chi connectivity index (χ3v) is 6.71. The number of esters is 1. The van der Waals surface area contributed by atoms with E-state index in [1.165, 1.54) is 50.6 Å². The summed E-state index contributed by atoms with van der Waals surface area (Å²) < 4.78 is 26.1. The Morgan fingerprint density at radius 2 is 1.25 bits per heavy atom. The first-order valence-corrected chi connectivity index (χ1v) is 12.9. The number of hydrogen-bond acceptors (Lipinski definition) is 12. The second-order valence-corrected chi connectivity index (χ2v) is 9.42. The zero-order chi connectivity index (χ0) is 33.0. The normalized spacial score (nSPS) is 20.6. The molecule has 1 fully saturated rings. The van der Waals surface area contributed by atoms with Gasteiger partial charge in [-0.3, -0.25) is 24.0 Å². The summed E-state index contributed by atoms with van der Waals surface area (Å²) in [5, 5.41) is 37.1. The fraction of sp³-hybridized carbons (Fsp3) is 0.379. The van der Waals surface area contributed by atoms with E-state index >= 15 is 0 Å². The van der Waals surface area contributed by atoms with Gasteiger partial charge in [0, 0.05) is 30.4 Å². The van der Waals surface area contributed by atoms with Crippen molar-refractivity contribution in [1.82, 2.24) is 0 Å². The lowest BCUT2D eigenvalue weighted by Gasteiger charge is -2.44. The standard InChI is InChI=1S/C21H24O12.C8H8O3/c1-30-15-5-11(4-3-10(15)9-22)32-21-14(8-18(27)28)12(6-16(23)24)13(7-17(25)26)19(33-21)20(29)31-2;1-11-8-4-7(10)3-2-6(8)5-9/h3-5,9,12-14,19,21H,6-8H2,1-2H3,(H,23,24)(H,25,26)(H,27,28);2-5,10H,1H3/t12-,13-,14+,19-,21+;/m0./s1. The maximum atomic E-state index is 12.4. The third-order valence-electron chi connectivity index (χ3n) is 6.71. The van der Waals surface area contributed by atoms with Crippen molar-refractivity contribution in [1.29, 1.82) is 0 Å². The number of carboxylic acids is 3. The van der Waals surface area contributed by atoms with Crippen LogP contribution < -0.4 is 14.2 Å². The van der Waals surface area contributed by atoms with Gasteiger partial charge in [0.05, 0.1) is 45.3 Å². The number of carbonyl (C=O) groups is 6. The number of methoxy groups -OCH3 is 3. The largest absolute Gasteiger partial charge is 0.508 e. The fourth-order valence-electron chi connectivity index (χ4n) is 4.76. The summed E-state index contributed by atoms with van der Waals surface area (Å²) in [6.07, 6.45) is -3.61. The van der Waals surface area contributed by atoms with Crippen LogP contribution in [-0.2, 0) is 28.7 Å². The van der Waals surface area contributed by atoms with Crippen molar-refractivity contribution in [3.8, 4) is 23.0 Å². The molecule has 0 saturated carbocycles. The third kappa shape index (κ3) is 9.42. The summed E-state index contributed by atoms with van der Waals surface area (Å²) in [4.78, 5) is 68.4. The molecule has 2 aromatic carbocycles. The number of hydrogen-bond donors (Lipinski definition) is 4. The molecule has 0 amide bonds. The lowest BCUT2D eigenvalue weighted by Crippen LogP contribution is -2.54. The van der Waals surface area contributed by atoms with E-state index in [0.717, 1.165) is 7.11 Å². The summed E-state index contributed by atoms with van der Waals surface area (Å²) in [6.45, 7) is 0. The van der Waals surface area contributed by atoms with E-state index in [1.54, 1.807) is 0 Å². The maximum absolute atomic E-state index is 12.4. The number of ether oxygens (including phenoxy) is 5. The Hall–Kier alpha value is -5.18. The smallest absolute Gasteiger partial charge is 0.335 e. The van der Waals surface area contributed by atoms with Crippen LogP contribution >= 0.6 is 0 Å². The average molecular weight is 621 g/mol. The van der Waals surface area contributed by atoms with Gasteiger partial charge in [-0.15, -0.1) is 0 Å². The van der Waals surface area contributed by atoms with E-state index in [2.05, 4.69) is 0 Å². The molecule has 0 unspecified atom stereocenters. The number of benzene rings is 2. The molecule has 238 valence electrons. The van der Waals surface area contributed by atoms with E-state index in [1.807, 2.05) is 0 Å². The van der Waals surface area contributed by atoms with Crippen molar-refractivity contribution in [2.45, 2.75) is 31.7 Å². The van der Waals surface area contributed by atoms with Crippen molar-refractivity contribution in [3.63, 3.8) is 0 Å². The van der Waals surface area contributed by atoms with Gasteiger partial charge in [0.15, 0.2) is 18.7 Å². The average Bonchev–Trinajstić information content (AvgIpc) is 2.98. The molecule has 0 aliphatic carbocycles. The van der Waals surface area contributed by atoms with Crippen molar-refractivity contribution < 1.29 is 72.9 Å². The van der Waals surface area contributed by atoms with Gasteiger partial charge in [-0.1, -0.05) is 0 Å². The zero-order valence-corrected chi connectivity index (χ0v) is 23.9. The molecule has 0 aromatic heterocycles. The van der Waals surface area contributed by atoms with Gasteiger partial charge in [-0.2, -0.15) is 0 Å². The van der Waals surface area contributed by atoms with Crippen LogP contribution in [-0.4, -0.2) is 90.6 Å². The van der Waals surface area contributed by atoms with Crippen LogP contribution in [0.3, 0.4) is 0 Å². The van der Waals surface area contributed by atoms with E-state index in [4.69, 9.17) is 28.8 Å². The van der Waals surface area contributed by atoms with Gasteiger partial charge in [0.1, 0.15) is 23.0 Å². The Morgan fingerprint density at radius 3 is 1.75 bits per heavy atom. The van der Waals surface area contributed by atoms with Crippen molar-refractivity contribution in [2.24, 2.45) is 17.8 Å². The SMILES string of the molecule is COC(=O)[C@H]1O[C@@H](Oc2ccc(C=O)c(OC)c2)[C@H](CC(=O)O)[C@@H](CC(=O)O)[C@@H]1CC(=O)O.COc1cc(O)ccc1C=O. The highest BCUT2D eigenvalue weighted by Gasteiger charge is 2.51. The quantitative estimate of drug-likeness (QED) is 0.186. The molecular formula is C29H32O15. The van der Waals surface area contributed by atoms with Crippen LogP contribution in [0.25, 0.3) is 0 Å². The molecule has 3 rings (SSSR count). The Bertz CT molecular complexity index is 1350. The number of aromatic hydroxyl groups is 1. The van der Waals surface area contributed by atoms with Crippen LogP contribution in [0.4, 0.5) is 0 Å². The number of aliphatic carboxylic acids is 3. The van der Waals surface area contributed by atoms with Gasteiger partial charge in [0.25, 0.3) is 0 Å². The minimum absolute atomic E-state index is 0.0900. The highest BCUT2D eigenvalue weighted by atomic mass is 16.7. The second-order valence-electron chi connectivity index (χ2n) is 9.42. The summed E-state index contributed by atoms with van der Waals surface area (Å²) in [5.41, 5.74) is 0.652. The maximum Gasteiger partial charge on any atom is 0.335 e. The molecule has 4 N–H and O–H groups in total. The first kappa shape index (κ1) is 35.0. The van der Waals surface area contributed by atoms with E-state index in [-0.39, 0.29) is 22.8 Å². The summed E-state index contributed by atoms with van der Waals surface area (Å²) >= 11 is 0. The summed E-state index contributed by atoms with van der Waals surface area (Å²) in [7, 11) is 3.82. The second kappa shape index (κ2) is 16.5. The van der Waals surface area contributed by atoms with Crippen molar-refractivity contribution in [2.75, 3.05) is 21.3 Å². The molecule has 1 heterocycles. The molecule has 1 saturated heterocycles. The van der Waals surface area contributed by atoms with Gasteiger partial charge < -0.3 is 44.1 Å². The fourth-order valence-corrected chi connectivity index (χ4v) is 4.76. The van der Waals surface area contributed by atoms with Gasteiger partial charge in [-0.05, 0) is 30.2 Å². The number of phenols is 1. The lowest BCUT2D eigenvalue weighted by atomic mass is 9.71. The molecule has 5 atom stereocenters. The van der Waals surface area contributed by atoms with Crippen molar-refractivity contribution >= 4 is 36.4 Å². The number of phenolic OH excluding ortho intramolecular Hbond substituents is 1. The number of rotatable bonds is 13. The predicted octanol–water partition coefficient (Wildman–Crippen LogP) is 2.27. The summed E-state index contributed by atoms with van der Waals surface area (Å²) in [5.74, 6) is -7.57. The Balaban J connectivity index is 0.000000514. The van der Waals surface area contributed by atoms with E-state index in [0.29, 0.717) is 23.9 Å². The van der Waals surface area contributed by atoms with Crippen LogP contribution in [0.2, 0.25) is 0 Å². The van der Waals surface area contributed by atoms with Crippen molar-refractivity contribution in [3.05, 3.63) is 47.5 Å². The molecule has 2 aromatic rings. The highest BCUT2D eigenvalue weighted by Crippen LogP contribution is 2.43. The van der Waals surface area contributed by atoms with Gasteiger partial charge in [-0.25, -0.2) is 4.79 Å². The monoisotopic (exact) mass is 620 g/mol. The molecule has 0 bridgehead atoms. The summed E-state index contributed by atoms with van der Waals surface area (Å²) in [6, 6.07) is 8.44. The molecule has 0 spiro atoms. The minimum Gasteiger partial charge on any atom is -0.508 e. The zero-order valence-electron chi connectivity index (χ0n) is 23.9. The highest BCUT2D eigenvalue weighted by molar-refractivity contribution is 5.80. The Kier molecular flexibility index (Phi) is 13.1. The van der Waals surface area contributed by atoms with E-state index in [9.17, 15) is 44.1 Å². The molecule has 44 heavy (non-hydrogen) atoms. The Morgan fingerprint density at radius 1 is 0.750 bits per heavy atom. The first-order valence-electron chi connectivity index (χ1n) is 12.9. The number of carbonyl (C=O) groups excluding carboxylic acids is 3. The van der Waals surface area contributed by atoms with Crippen LogP contribution in [0.1, 0.15) is 40.0 Å². The predicted molar refractivity (Wildman–Crippen MR) is 147 cm³/mol. The molecule has 15 heteroatoms. The van der Waals surface area contributed by atoms with Crippen LogP contribution in [0.15, 0.2) is 36.4 Å². The molecule has 1 aliphatic heterocycles. The van der Waals surface area contributed by atoms with E-state index < -0.39 is 73.3 Å². The molecular weight excluding hydrogens is 588 g/mol. The molecule has 15 nitrogen and oxygen atoms in total. The topological polar surface area (TPSA) is 229 Å². The minimum atomic E-state index is -1.51. The van der Waals surface area contributed by atoms with Gasteiger partial charge in [0.2, 0.25) is 6.29 Å². The number of aldehydes is 2. The lowest BCUT2D eigenvalue weighted by molar-refractivity contribution is -0.233. The van der Waals surface area contributed by atoms with Crippen LogP contribution in [0.5, 0.6) is 23.0 Å². The molecule has 0 radical (unpaired) electrons. The number of carboxylic acid groups (broad SMARTS) is 3.